The summed E-state index contributed by atoms with van der Waals surface area (Å²) in [6.45, 7) is 0. The van der Waals surface area contributed by atoms with Crippen LogP contribution in [0.15, 0.2) is 33.5 Å². The summed E-state index contributed by atoms with van der Waals surface area (Å²) >= 11 is 3.41. The van der Waals surface area contributed by atoms with Gasteiger partial charge in [0.25, 0.3) is 0 Å². The normalized spacial score (nSPS) is 10.4. The van der Waals surface area contributed by atoms with E-state index in [0.717, 1.165) is 10.0 Å². The fraction of sp³-hybridized carbons (Fsp3) is 0.111. The van der Waals surface area contributed by atoms with E-state index in [1.54, 1.807) is 7.05 Å². The Morgan fingerprint density at radius 1 is 1.43 bits per heavy atom. The third kappa shape index (κ3) is 1.39. The fourth-order valence-electron chi connectivity index (χ4n) is 1.23. The molecule has 1 N–H and O–H groups in total. The van der Waals surface area contributed by atoms with Gasteiger partial charge in [-0.2, -0.15) is 5.10 Å². The molecule has 2 aromatic rings. The summed E-state index contributed by atoms with van der Waals surface area (Å²) < 4.78 is 2.39. The lowest BCUT2D eigenvalue weighted by Crippen LogP contribution is -2.13. The standard InChI is InChI=1S/C9H8BrN3O/c1-13-8(11-12-9(13)14)6-4-2-3-5-7(6)10/h2-5H,1H3,(H,12,14). The average molecular weight is 254 g/mol. The number of aromatic nitrogens is 3. The highest BCUT2D eigenvalue weighted by Crippen LogP contribution is 2.24. The Hall–Kier alpha value is -1.36. The minimum absolute atomic E-state index is 0.212. The van der Waals surface area contributed by atoms with E-state index >= 15 is 0 Å². The monoisotopic (exact) mass is 253 g/mol. The van der Waals surface area contributed by atoms with Gasteiger partial charge in [0.05, 0.1) is 0 Å². The van der Waals surface area contributed by atoms with Crippen molar-refractivity contribution in [2.75, 3.05) is 0 Å². The number of aromatic amines is 1. The molecule has 72 valence electrons. The zero-order valence-electron chi connectivity index (χ0n) is 7.49. The van der Waals surface area contributed by atoms with Crippen LogP contribution in [0.3, 0.4) is 0 Å². The van der Waals surface area contributed by atoms with Crippen LogP contribution in [0.2, 0.25) is 0 Å². The zero-order chi connectivity index (χ0) is 10.1. The second-order valence-electron chi connectivity index (χ2n) is 2.89. The average Bonchev–Trinajstić information content (AvgIpc) is 2.49. The van der Waals surface area contributed by atoms with Crippen LogP contribution >= 0.6 is 15.9 Å². The number of hydrogen-bond donors (Lipinski definition) is 1. The molecule has 0 aliphatic heterocycles. The van der Waals surface area contributed by atoms with Crippen LogP contribution in [0.5, 0.6) is 0 Å². The number of halogens is 1. The lowest BCUT2D eigenvalue weighted by molar-refractivity contribution is 0.869. The van der Waals surface area contributed by atoms with Crippen molar-refractivity contribution >= 4 is 15.9 Å². The summed E-state index contributed by atoms with van der Waals surface area (Å²) in [6, 6.07) is 7.63. The summed E-state index contributed by atoms with van der Waals surface area (Å²) in [5.74, 6) is 0.627. The highest BCUT2D eigenvalue weighted by atomic mass is 79.9. The van der Waals surface area contributed by atoms with E-state index in [-0.39, 0.29) is 5.69 Å². The Morgan fingerprint density at radius 3 is 2.71 bits per heavy atom. The van der Waals surface area contributed by atoms with Gasteiger partial charge in [0.1, 0.15) is 0 Å². The van der Waals surface area contributed by atoms with E-state index < -0.39 is 0 Å². The molecule has 1 heterocycles. The van der Waals surface area contributed by atoms with Crippen molar-refractivity contribution < 1.29 is 0 Å². The SMILES string of the molecule is Cn1c(-c2ccccc2Br)n[nH]c1=O. The number of nitrogens with zero attached hydrogens (tertiary/aromatic N) is 2. The molecule has 0 aliphatic carbocycles. The predicted octanol–water partition coefficient (Wildman–Crippen LogP) is 1.54. The van der Waals surface area contributed by atoms with Crippen LogP contribution in [0.4, 0.5) is 0 Å². The molecule has 0 atom stereocenters. The molecule has 0 aliphatic rings. The molecule has 1 aromatic heterocycles. The number of rotatable bonds is 1. The van der Waals surface area contributed by atoms with Gasteiger partial charge in [-0.1, -0.05) is 34.1 Å². The Morgan fingerprint density at radius 2 is 2.14 bits per heavy atom. The van der Waals surface area contributed by atoms with E-state index in [4.69, 9.17) is 0 Å². The van der Waals surface area contributed by atoms with Crippen molar-refractivity contribution in [2.24, 2.45) is 7.05 Å². The molecule has 0 spiro atoms. The molecule has 0 unspecified atom stereocenters. The highest BCUT2D eigenvalue weighted by molar-refractivity contribution is 9.10. The number of nitrogens with one attached hydrogen (secondary N) is 1. The van der Waals surface area contributed by atoms with Crippen molar-refractivity contribution in [3.8, 4) is 11.4 Å². The van der Waals surface area contributed by atoms with Crippen molar-refractivity contribution in [3.63, 3.8) is 0 Å². The molecule has 0 radical (unpaired) electrons. The first-order chi connectivity index (χ1) is 6.70. The molecule has 0 amide bonds. The second kappa shape index (κ2) is 3.42. The van der Waals surface area contributed by atoms with Gasteiger partial charge in [-0.05, 0) is 6.07 Å². The molecule has 0 fully saturated rings. The number of hydrogen-bond acceptors (Lipinski definition) is 2. The first kappa shape index (κ1) is 9.21. The molecule has 2 rings (SSSR count). The lowest BCUT2D eigenvalue weighted by Gasteiger charge is -2.01. The molecule has 0 saturated heterocycles. The largest absolute Gasteiger partial charge is 0.343 e. The van der Waals surface area contributed by atoms with E-state index in [9.17, 15) is 4.79 Å². The fourth-order valence-corrected chi connectivity index (χ4v) is 1.69. The molecule has 0 saturated carbocycles. The van der Waals surface area contributed by atoms with Gasteiger partial charge < -0.3 is 0 Å². The van der Waals surface area contributed by atoms with Crippen LogP contribution in [-0.2, 0) is 7.05 Å². The summed E-state index contributed by atoms with van der Waals surface area (Å²) in [6.07, 6.45) is 0. The van der Waals surface area contributed by atoms with Gasteiger partial charge in [0.15, 0.2) is 5.82 Å². The van der Waals surface area contributed by atoms with Crippen LogP contribution in [0.1, 0.15) is 0 Å². The first-order valence-electron chi connectivity index (χ1n) is 4.06. The predicted molar refractivity (Wildman–Crippen MR) is 57.0 cm³/mol. The van der Waals surface area contributed by atoms with E-state index in [1.807, 2.05) is 24.3 Å². The van der Waals surface area contributed by atoms with Gasteiger partial charge in [-0.15, -0.1) is 0 Å². The van der Waals surface area contributed by atoms with Crippen molar-refractivity contribution in [1.29, 1.82) is 0 Å². The summed E-state index contributed by atoms with van der Waals surface area (Å²) in [4.78, 5) is 11.2. The molecular formula is C9H8BrN3O. The lowest BCUT2D eigenvalue weighted by atomic mass is 10.2. The molecule has 14 heavy (non-hydrogen) atoms. The zero-order valence-corrected chi connectivity index (χ0v) is 9.08. The van der Waals surface area contributed by atoms with E-state index in [1.165, 1.54) is 4.57 Å². The maximum atomic E-state index is 11.2. The molecular weight excluding hydrogens is 246 g/mol. The van der Waals surface area contributed by atoms with Crippen molar-refractivity contribution in [2.45, 2.75) is 0 Å². The second-order valence-corrected chi connectivity index (χ2v) is 3.75. The Balaban J connectivity index is 2.66. The Labute approximate surface area is 88.7 Å². The van der Waals surface area contributed by atoms with E-state index in [2.05, 4.69) is 26.1 Å². The van der Waals surface area contributed by atoms with Crippen LogP contribution in [0.25, 0.3) is 11.4 Å². The first-order valence-corrected chi connectivity index (χ1v) is 4.86. The smallest absolute Gasteiger partial charge is 0.278 e. The van der Waals surface area contributed by atoms with Crippen LogP contribution in [-0.4, -0.2) is 14.8 Å². The van der Waals surface area contributed by atoms with Gasteiger partial charge in [0, 0.05) is 17.1 Å². The maximum Gasteiger partial charge on any atom is 0.343 e. The van der Waals surface area contributed by atoms with Gasteiger partial charge in [-0.25, -0.2) is 9.89 Å². The quantitative estimate of drug-likeness (QED) is 0.839. The topological polar surface area (TPSA) is 50.7 Å². The van der Waals surface area contributed by atoms with E-state index in [0.29, 0.717) is 5.82 Å². The van der Waals surface area contributed by atoms with Gasteiger partial charge in [0.2, 0.25) is 0 Å². The Bertz CT molecular complexity index is 515. The molecule has 0 bridgehead atoms. The van der Waals surface area contributed by atoms with Gasteiger partial charge >= 0.3 is 5.69 Å². The molecule has 4 nitrogen and oxygen atoms in total. The third-order valence-corrected chi connectivity index (χ3v) is 2.69. The molecule has 5 heteroatoms. The van der Waals surface area contributed by atoms with Crippen molar-refractivity contribution in [1.82, 2.24) is 14.8 Å². The van der Waals surface area contributed by atoms with Crippen LogP contribution in [0, 0.1) is 0 Å². The minimum atomic E-state index is -0.212. The Kier molecular flexibility index (Phi) is 2.25. The highest BCUT2D eigenvalue weighted by Gasteiger charge is 2.09. The minimum Gasteiger partial charge on any atom is -0.278 e. The van der Waals surface area contributed by atoms with Crippen molar-refractivity contribution in [3.05, 3.63) is 39.2 Å². The summed E-state index contributed by atoms with van der Waals surface area (Å²) in [7, 11) is 1.68. The maximum absolute atomic E-state index is 11.2. The van der Waals surface area contributed by atoms with Crippen LogP contribution < -0.4 is 5.69 Å². The number of H-pyrrole nitrogens is 1. The third-order valence-electron chi connectivity index (χ3n) is 1.99. The molecule has 1 aromatic carbocycles. The summed E-state index contributed by atoms with van der Waals surface area (Å²) in [5, 5.41) is 6.34. The van der Waals surface area contributed by atoms with Gasteiger partial charge in [-0.3, -0.25) is 4.57 Å². The number of benzene rings is 1. The summed E-state index contributed by atoms with van der Waals surface area (Å²) in [5.41, 5.74) is 0.684.